The molecule has 0 saturated heterocycles. The van der Waals surface area contributed by atoms with Crippen LogP contribution in [0, 0.1) is 0 Å². The SMILES string of the molecule is C=C/C=C\C(=C)/C=C/C(/C=C\C)=C/C=C.CC.CC.CF. The molecule has 0 unspecified atom stereocenters. The van der Waals surface area contributed by atoms with Crippen LogP contribution in [0.15, 0.2) is 85.6 Å². The summed E-state index contributed by atoms with van der Waals surface area (Å²) in [5.74, 6) is 0. The molecular formula is C20H33F. The number of rotatable bonds is 6. The van der Waals surface area contributed by atoms with Crippen molar-refractivity contribution in [1.29, 1.82) is 0 Å². The average molecular weight is 292 g/mol. The van der Waals surface area contributed by atoms with E-state index in [1.807, 2.05) is 77.2 Å². The molecule has 0 saturated carbocycles. The lowest BCUT2D eigenvalue weighted by atomic mass is 10.1. The van der Waals surface area contributed by atoms with Crippen LogP contribution in [0.25, 0.3) is 0 Å². The van der Waals surface area contributed by atoms with Crippen molar-refractivity contribution in [3.05, 3.63) is 85.6 Å². The van der Waals surface area contributed by atoms with E-state index in [9.17, 15) is 4.39 Å². The van der Waals surface area contributed by atoms with E-state index in [0.29, 0.717) is 7.18 Å². The number of alkyl halides is 1. The monoisotopic (exact) mass is 292 g/mol. The summed E-state index contributed by atoms with van der Waals surface area (Å²) in [5.41, 5.74) is 2.04. The minimum atomic E-state index is 0.500. The molecule has 0 nitrogen and oxygen atoms in total. The van der Waals surface area contributed by atoms with Gasteiger partial charge in [-0.25, -0.2) is 0 Å². The maximum absolute atomic E-state index is 9.50. The fourth-order valence-corrected chi connectivity index (χ4v) is 0.946. The third-order valence-electron chi connectivity index (χ3n) is 1.61. The van der Waals surface area contributed by atoms with Gasteiger partial charge in [0, 0.05) is 0 Å². The molecule has 0 N–H and O–H groups in total. The summed E-state index contributed by atoms with van der Waals surface area (Å²) in [4.78, 5) is 0. The van der Waals surface area contributed by atoms with E-state index in [1.165, 1.54) is 0 Å². The molecule has 21 heavy (non-hydrogen) atoms. The lowest BCUT2D eigenvalue weighted by Crippen LogP contribution is -1.72. The van der Waals surface area contributed by atoms with Crippen molar-refractivity contribution in [2.24, 2.45) is 0 Å². The molecule has 0 aromatic heterocycles. The first-order valence-corrected chi connectivity index (χ1v) is 7.24. The van der Waals surface area contributed by atoms with Crippen molar-refractivity contribution in [3.63, 3.8) is 0 Å². The molecule has 0 radical (unpaired) electrons. The van der Waals surface area contributed by atoms with Crippen molar-refractivity contribution < 1.29 is 4.39 Å². The molecule has 0 aromatic carbocycles. The summed E-state index contributed by atoms with van der Waals surface area (Å²) in [7, 11) is 0.500. The first-order chi connectivity index (χ1) is 10.2. The summed E-state index contributed by atoms with van der Waals surface area (Å²) < 4.78 is 9.50. The van der Waals surface area contributed by atoms with Crippen LogP contribution in [0.4, 0.5) is 4.39 Å². The molecule has 0 amide bonds. The van der Waals surface area contributed by atoms with Gasteiger partial charge in [0.25, 0.3) is 0 Å². The molecule has 0 heterocycles. The number of hydrogen-bond acceptors (Lipinski definition) is 0. The van der Waals surface area contributed by atoms with Crippen LogP contribution in [0.1, 0.15) is 34.6 Å². The van der Waals surface area contributed by atoms with Crippen molar-refractivity contribution in [1.82, 2.24) is 0 Å². The van der Waals surface area contributed by atoms with Gasteiger partial charge in [0.05, 0.1) is 7.18 Å². The Balaban J connectivity index is -0.000000212. The molecule has 0 fully saturated rings. The maximum atomic E-state index is 9.50. The predicted octanol–water partition coefficient (Wildman–Crippen LogP) is 7.17. The highest BCUT2D eigenvalue weighted by Crippen LogP contribution is 2.04. The van der Waals surface area contributed by atoms with Crippen LogP contribution in [0.3, 0.4) is 0 Å². The molecule has 120 valence electrons. The summed E-state index contributed by atoms with van der Waals surface area (Å²) in [6, 6.07) is 0. The highest BCUT2D eigenvalue weighted by Gasteiger charge is 1.83. The standard InChI is InChI=1S/C15H18.2C2H6.CH3F/c1-5-8-11-14(4)12-13-15(9-6-2)10-7-3;3*1-2/h5-13H,1-2,4H2,3H3;2*1-2H3;1H3/b10-7-,11-8-,13-12+,15-9+;;;. The second-order valence-corrected chi connectivity index (χ2v) is 2.91. The van der Waals surface area contributed by atoms with Crippen LogP contribution >= 0.6 is 0 Å². The van der Waals surface area contributed by atoms with Gasteiger partial charge < -0.3 is 0 Å². The quantitative estimate of drug-likeness (QED) is 0.455. The van der Waals surface area contributed by atoms with E-state index < -0.39 is 0 Å². The van der Waals surface area contributed by atoms with Crippen molar-refractivity contribution in [2.45, 2.75) is 34.6 Å². The van der Waals surface area contributed by atoms with E-state index in [4.69, 9.17) is 0 Å². The molecule has 0 aromatic rings. The van der Waals surface area contributed by atoms with Gasteiger partial charge in [-0.2, -0.15) is 0 Å². The van der Waals surface area contributed by atoms with E-state index in [-0.39, 0.29) is 0 Å². The second kappa shape index (κ2) is 30.8. The Morgan fingerprint density at radius 3 is 1.71 bits per heavy atom. The van der Waals surface area contributed by atoms with Gasteiger partial charge in [-0.3, -0.25) is 4.39 Å². The molecule has 0 bridgehead atoms. The molecule has 0 atom stereocenters. The minimum absolute atomic E-state index is 0.500. The molecule has 0 spiro atoms. The molecular weight excluding hydrogens is 259 g/mol. The Bertz CT molecular complexity index is 339. The predicted molar refractivity (Wildman–Crippen MR) is 100 cm³/mol. The van der Waals surface area contributed by atoms with Crippen LogP contribution in [-0.2, 0) is 0 Å². The lowest BCUT2D eigenvalue weighted by molar-refractivity contribution is 0.636. The molecule has 0 aliphatic carbocycles. The summed E-state index contributed by atoms with van der Waals surface area (Å²) >= 11 is 0. The zero-order valence-corrected chi connectivity index (χ0v) is 14.7. The average Bonchev–Trinajstić information content (AvgIpc) is 2.56. The van der Waals surface area contributed by atoms with Crippen LogP contribution in [0.2, 0.25) is 0 Å². The van der Waals surface area contributed by atoms with Gasteiger partial charge >= 0.3 is 0 Å². The first kappa shape index (κ1) is 27.5. The summed E-state index contributed by atoms with van der Waals surface area (Å²) in [6.07, 6.45) is 17.2. The Morgan fingerprint density at radius 2 is 1.33 bits per heavy atom. The lowest BCUT2D eigenvalue weighted by Gasteiger charge is -1.92. The number of allylic oxidation sites excluding steroid dienone is 11. The van der Waals surface area contributed by atoms with Crippen molar-refractivity contribution in [2.75, 3.05) is 7.18 Å². The third-order valence-corrected chi connectivity index (χ3v) is 1.61. The Morgan fingerprint density at radius 1 is 0.810 bits per heavy atom. The smallest absolute Gasteiger partial charge is 0.0785 e. The number of halogens is 1. The maximum Gasteiger partial charge on any atom is 0.0785 e. The van der Waals surface area contributed by atoms with E-state index >= 15 is 0 Å². The van der Waals surface area contributed by atoms with Gasteiger partial charge in [0.15, 0.2) is 0 Å². The first-order valence-electron chi connectivity index (χ1n) is 7.24. The molecule has 0 aliphatic rings. The fraction of sp³-hybridized carbons (Fsp3) is 0.300. The zero-order valence-electron chi connectivity index (χ0n) is 14.7. The highest BCUT2D eigenvalue weighted by molar-refractivity contribution is 5.39. The fourth-order valence-electron chi connectivity index (χ4n) is 0.946. The topological polar surface area (TPSA) is 0 Å². The Kier molecular flexibility index (Phi) is 40.3. The van der Waals surface area contributed by atoms with Gasteiger partial charge in [0.1, 0.15) is 0 Å². The van der Waals surface area contributed by atoms with Crippen LogP contribution in [0.5, 0.6) is 0 Å². The van der Waals surface area contributed by atoms with E-state index in [0.717, 1.165) is 11.1 Å². The van der Waals surface area contributed by atoms with Crippen molar-refractivity contribution >= 4 is 0 Å². The van der Waals surface area contributed by atoms with E-state index in [2.05, 4.69) is 19.7 Å². The molecule has 1 heteroatoms. The van der Waals surface area contributed by atoms with Gasteiger partial charge in [-0.1, -0.05) is 102 Å². The van der Waals surface area contributed by atoms with Gasteiger partial charge in [-0.05, 0) is 18.1 Å². The summed E-state index contributed by atoms with van der Waals surface area (Å²) in [6.45, 7) is 21.1. The van der Waals surface area contributed by atoms with Gasteiger partial charge in [-0.15, -0.1) is 0 Å². The zero-order chi connectivity index (χ0) is 17.5. The van der Waals surface area contributed by atoms with Gasteiger partial charge in [0.2, 0.25) is 0 Å². The number of hydrogen-bond donors (Lipinski definition) is 0. The summed E-state index contributed by atoms with van der Waals surface area (Å²) in [5, 5.41) is 0. The molecule has 0 aliphatic heterocycles. The second-order valence-electron chi connectivity index (χ2n) is 2.91. The molecule has 0 rings (SSSR count). The minimum Gasteiger partial charge on any atom is -0.255 e. The van der Waals surface area contributed by atoms with E-state index in [1.54, 1.807) is 12.2 Å². The largest absolute Gasteiger partial charge is 0.255 e. The van der Waals surface area contributed by atoms with Crippen LogP contribution in [-0.4, -0.2) is 7.18 Å². The Labute approximate surface area is 132 Å². The third kappa shape index (κ3) is 27.3. The van der Waals surface area contributed by atoms with Crippen molar-refractivity contribution in [3.8, 4) is 0 Å². The Hall–Kier alpha value is -1.89. The normalized spacial score (nSPS) is 9.95. The van der Waals surface area contributed by atoms with Crippen LogP contribution < -0.4 is 0 Å². The highest BCUT2D eigenvalue weighted by atomic mass is 19.1.